The maximum atomic E-state index is 11.5. The molecule has 0 aliphatic rings. The maximum absolute atomic E-state index is 11.5. The van der Waals surface area contributed by atoms with Gasteiger partial charge in [0.05, 0.1) is 6.42 Å². The minimum atomic E-state index is -0.886. The van der Waals surface area contributed by atoms with Crippen molar-refractivity contribution in [2.45, 2.75) is 39.0 Å². The minimum absolute atomic E-state index is 0.0576. The van der Waals surface area contributed by atoms with Gasteiger partial charge in [-0.1, -0.05) is 31.2 Å². The van der Waals surface area contributed by atoms with Gasteiger partial charge in [-0.15, -0.1) is 0 Å². The third-order valence-electron chi connectivity index (χ3n) is 4.56. The van der Waals surface area contributed by atoms with Crippen molar-refractivity contribution in [3.05, 3.63) is 58.7 Å². The van der Waals surface area contributed by atoms with Gasteiger partial charge in [0.25, 0.3) is 0 Å². The molecule has 0 bridgehead atoms. The van der Waals surface area contributed by atoms with Gasteiger partial charge < -0.3 is 15.3 Å². The van der Waals surface area contributed by atoms with Crippen molar-refractivity contribution < 1.29 is 20.1 Å². The van der Waals surface area contributed by atoms with Gasteiger partial charge in [0.1, 0.15) is 11.5 Å². The Morgan fingerprint density at radius 1 is 0.957 bits per heavy atom. The summed E-state index contributed by atoms with van der Waals surface area (Å²) < 4.78 is 0. The first-order valence-corrected chi connectivity index (χ1v) is 7.62. The number of aromatic hydroxyl groups is 2. The highest BCUT2D eigenvalue weighted by Crippen LogP contribution is 2.41. The summed E-state index contributed by atoms with van der Waals surface area (Å²) in [7, 11) is 0. The van der Waals surface area contributed by atoms with Gasteiger partial charge in [-0.3, -0.25) is 4.79 Å². The van der Waals surface area contributed by atoms with Crippen molar-refractivity contribution in [1.29, 1.82) is 0 Å². The normalized spacial score (nSPS) is 11.4. The highest BCUT2D eigenvalue weighted by molar-refractivity contribution is 5.71. The van der Waals surface area contributed by atoms with Crippen LogP contribution in [-0.4, -0.2) is 21.3 Å². The summed E-state index contributed by atoms with van der Waals surface area (Å²) in [5.41, 5.74) is 2.41. The molecule has 0 saturated carbocycles. The van der Waals surface area contributed by atoms with Crippen molar-refractivity contribution in [2.24, 2.45) is 0 Å². The van der Waals surface area contributed by atoms with Crippen LogP contribution < -0.4 is 0 Å². The predicted molar refractivity (Wildman–Crippen MR) is 89.0 cm³/mol. The van der Waals surface area contributed by atoms with Crippen LogP contribution in [0.5, 0.6) is 11.5 Å². The number of phenols is 2. The van der Waals surface area contributed by atoms with Crippen LogP contribution in [0, 0.1) is 13.8 Å². The first-order chi connectivity index (χ1) is 10.8. The Hall–Kier alpha value is -2.49. The molecule has 122 valence electrons. The van der Waals surface area contributed by atoms with Crippen molar-refractivity contribution >= 4 is 5.97 Å². The van der Waals surface area contributed by atoms with E-state index in [0.29, 0.717) is 17.5 Å². The first-order valence-electron chi connectivity index (χ1n) is 7.62. The van der Waals surface area contributed by atoms with E-state index in [4.69, 9.17) is 0 Å². The highest BCUT2D eigenvalue weighted by atomic mass is 16.4. The monoisotopic (exact) mass is 314 g/mol. The van der Waals surface area contributed by atoms with Gasteiger partial charge in [-0.2, -0.15) is 0 Å². The summed E-state index contributed by atoms with van der Waals surface area (Å²) in [4.78, 5) is 11.5. The number of rotatable bonds is 5. The van der Waals surface area contributed by atoms with Crippen molar-refractivity contribution in [2.75, 3.05) is 0 Å². The van der Waals surface area contributed by atoms with Crippen LogP contribution in [0.2, 0.25) is 0 Å². The third-order valence-corrected chi connectivity index (χ3v) is 4.56. The van der Waals surface area contributed by atoms with Gasteiger partial charge >= 0.3 is 5.97 Å². The van der Waals surface area contributed by atoms with E-state index in [0.717, 1.165) is 11.1 Å². The quantitative estimate of drug-likeness (QED) is 0.782. The fraction of sp³-hybridized carbons (Fsp3) is 0.316. The lowest BCUT2D eigenvalue weighted by Crippen LogP contribution is -2.30. The molecule has 2 aromatic carbocycles. The molecule has 2 aromatic rings. The van der Waals surface area contributed by atoms with Gasteiger partial charge in [-0.05, 0) is 54.7 Å². The zero-order chi connectivity index (χ0) is 17.2. The number of aryl methyl sites for hydroxylation is 2. The van der Waals surface area contributed by atoms with Gasteiger partial charge in [0, 0.05) is 5.41 Å². The molecule has 0 fully saturated rings. The van der Waals surface area contributed by atoms with E-state index in [1.165, 1.54) is 0 Å². The second-order valence-electron chi connectivity index (χ2n) is 6.01. The number of phenolic OH excluding ortho intramolecular Hbond substituents is 2. The summed E-state index contributed by atoms with van der Waals surface area (Å²) in [6, 6.07) is 10.4. The SMILES string of the molecule is CCC(CC(=O)O)(c1ccc(O)c(C)c1)c1ccc(O)c(C)c1. The van der Waals surface area contributed by atoms with Crippen LogP contribution in [0.25, 0.3) is 0 Å². The average molecular weight is 314 g/mol. The molecule has 4 heteroatoms. The summed E-state index contributed by atoms with van der Waals surface area (Å²) >= 11 is 0. The van der Waals surface area contributed by atoms with E-state index in [9.17, 15) is 20.1 Å². The van der Waals surface area contributed by atoms with Crippen molar-refractivity contribution in [3.63, 3.8) is 0 Å². The molecule has 0 aliphatic carbocycles. The molecule has 0 spiro atoms. The molecule has 0 radical (unpaired) electrons. The van der Waals surface area contributed by atoms with E-state index < -0.39 is 11.4 Å². The van der Waals surface area contributed by atoms with Crippen LogP contribution in [0.3, 0.4) is 0 Å². The van der Waals surface area contributed by atoms with Crippen LogP contribution >= 0.6 is 0 Å². The molecule has 3 N–H and O–H groups in total. The topological polar surface area (TPSA) is 77.8 Å². The van der Waals surface area contributed by atoms with Crippen LogP contribution in [0.15, 0.2) is 36.4 Å². The fourth-order valence-electron chi connectivity index (χ4n) is 3.07. The smallest absolute Gasteiger partial charge is 0.304 e. The number of benzene rings is 2. The molecule has 0 unspecified atom stereocenters. The molecule has 23 heavy (non-hydrogen) atoms. The summed E-state index contributed by atoms with van der Waals surface area (Å²) in [5, 5.41) is 29.0. The summed E-state index contributed by atoms with van der Waals surface area (Å²) in [6.45, 7) is 5.54. The highest BCUT2D eigenvalue weighted by Gasteiger charge is 2.35. The van der Waals surface area contributed by atoms with Crippen LogP contribution in [-0.2, 0) is 10.2 Å². The molecular formula is C19H22O4. The first kappa shape index (κ1) is 16.9. The van der Waals surface area contributed by atoms with Crippen LogP contribution in [0.4, 0.5) is 0 Å². The summed E-state index contributed by atoms with van der Waals surface area (Å²) in [5.74, 6) is -0.504. The van der Waals surface area contributed by atoms with Crippen molar-refractivity contribution in [3.8, 4) is 11.5 Å². The number of carboxylic acid groups (broad SMARTS) is 1. The Labute approximate surface area is 136 Å². The Balaban J connectivity index is 2.70. The van der Waals surface area contributed by atoms with Gasteiger partial charge in [0.15, 0.2) is 0 Å². The lowest BCUT2D eigenvalue weighted by atomic mass is 9.69. The second-order valence-corrected chi connectivity index (χ2v) is 6.01. The Morgan fingerprint density at radius 3 is 1.70 bits per heavy atom. The molecule has 0 heterocycles. The Bertz CT molecular complexity index is 683. The number of hydrogen-bond donors (Lipinski definition) is 3. The average Bonchev–Trinajstić information content (AvgIpc) is 2.50. The minimum Gasteiger partial charge on any atom is -0.508 e. The largest absolute Gasteiger partial charge is 0.508 e. The number of carbonyl (C=O) groups is 1. The van der Waals surface area contributed by atoms with Gasteiger partial charge in [-0.25, -0.2) is 0 Å². The van der Waals surface area contributed by atoms with E-state index in [-0.39, 0.29) is 17.9 Å². The molecule has 0 saturated heterocycles. The maximum Gasteiger partial charge on any atom is 0.304 e. The lowest BCUT2D eigenvalue weighted by molar-refractivity contribution is -0.138. The third kappa shape index (κ3) is 3.16. The lowest BCUT2D eigenvalue weighted by Gasteiger charge is -2.33. The Morgan fingerprint density at radius 2 is 1.39 bits per heavy atom. The molecular weight excluding hydrogens is 292 g/mol. The van der Waals surface area contributed by atoms with E-state index in [1.807, 2.05) is 19.1 Å². The summed E-state index contributed by atoms with van der Waals surface area (Å²) in [6.07, 6.45) is 0.533. The Kier molecular flexibility index (Phi) is 4.64. The molecule has 0 aromatic heterocycles. The fourth-order valence-corrected chi connectivity index (χ4v) is 3.07. The molecule has 0 aliphatic heterocycles. The van der Waals surface area contributed by atoms with Gasteiger partial charge in [0.2, 0.25) is 0 Å². The van der Waals surface area contributed by atoms with E-state index >= 15 is 0 Å². The van der Waals surface area contributed by atoms with E-state index in [2.05, 4.69) is 0 Å². The molecule has 4 nitrogen and oxygen atoms in total. The zero-order valence-corrected chi connectivity index (χ0v) is 13.6. The standard InChI is InChI=1S/C19H22O4/c1-4-19(11-18(22)23,14-5-7-16(20)12(2)9-14)15-6-8-17(21)13(3)10-15/h5-10,20-21H,4,11H2,1-3H3,(H,22,23). The second kappa shape index (κ2) is 6.32. The molecule has 2 rings (SSSR count). The predicted octanol–water partition coefficient (Wildman–Crippen LogP) is 3.89. The zero-order valence-electron chi connectivity index (χ0n) is 13.6. The van der Waals surface area contributed by atoms with E-state index in [1.54, 1.807) is 38.1 Å². The van der Waals surface area contributed by atoms with Crippen molar-refractivity contribution in [1.82, 2.24) is 0 Å². The number of hydrogen-bond acceptors (Lipinski definition) is 3. The number of aliphatic carboxylic acids is 1. The van der Waals surface area contributed by atoms with Crippen LogP contribution in [0.1, 0.15) is 42.0 Å². The molecule has 0 amide bonds. The number of carboxylic acids is 1. The molecule has 0 atom stereocenters.